The number of aldehydes is 1. The summed E-state index contributed by atoms with van der Waals surface area (Å²) >= 11 is -2.54. The van der Waals surface area contributed by atoms with E-state index in [9.17, 15) is 17.9 Å². The molecule has 1 aromatic heterocycles. The van der Waals surface area contributed by atoms with Crippen LogP contribution >= 0.6 is 0 Å². The fourth-order valence-electron chi connectivity index (χ4n) is 2.25. The SMILES string of the molecule is CC(C)c1nc(N(C)S(=O)[O-])nc(-c2ccc(F)cc2)c1C=CC=O. The third-order valence-electron chi connectivity index (χ3n) is 3.47. The van der Waals surface area contributed by atoms with Crippen molar-refractivity contribution in [3.05, 3.63) is 47.4 Å². The smallest absolute Gasteiger partial charge is 0.237 e. The van der Waals surface area contributed by atoms with Crippen molar-refractivity contribution in [3.8, 4) is 11.3 Å². The Morgan fingerprint density at radius 2 is 1.88 bits per heavy atom. The molecule has 2 aromatic rings. The molecule has 8 heteroatoms. The molecule has 0 aliphatic heterocycles. The molecule has 0 aliphatic rings. The summed E-state index contributed by atoms with van der Waals surface area (Å²) in [6, 6.07) is 5.65. The predicted molar refractivity (Wildman–Crippen MR) is 93.9 cm³/mol. The van der Waals surface area contributed by atoms with Crippen LogP contribution in [0.4, 0.5) is 10.3 Å². The Labute approximate surface area is 147 Å². The summed E-state index contributed by atoms with van der Waals surface area (Å²) in [7, 11) is 1.33. The van der Waals surface area contributed by atoms with E-state index in [1.165, 1.54) is 37.4 Å². The van der Waals surface area contributed by atoms with E-state index < -0.39 is 17.1 Å². The molecule has 132 valence electrons. The fourth-order valence-corrected chi connectivity index (χ4v) is 2.46. The number of benzene rings is 1. The van der Waals surface area contributed by atoms with Crippen molar-refractivity contribution in [2.24, 2.45) is 0 Å². The lowest BCUT2D eigenvalue weighted by molar-refractivity contribution is -0.104. The second-order valence-electron chi connectivity index (χ2n) is 5.54. The van der Waals surface area contributed by atoms with Crippen LogP contribution in [0.3, 0.4) is 0 Å². The fraction of sp³-hybridized carbons (Fsp3) is 0.235. The first kappa shape index (κ1) is 18.9. The number of halogens is 1. The van der Waals surface area contributed by atoms with E-state index in [1.54, 1.807) is 6.08 Å². The van der Waals surface area contributed by atoms with Crippen LogP contribution in [0.2, 0.25) is 0 Å². The quantitative estimate of drug-likeness (QED) is 0.448. The highest BCUT2D eigenvalue weighted by Crippen LogP contribution is 2.31. The number of carbonyl (C=O) groups excluding carboxylic acids is 1. The summed E-state index contributed by atoms with van der Waals surface area (Å²) in [6.07, 6.45) is 3.51. The van der Waals surface area contributed by atoms with Crippen LogP contribution < -0.4 is 4.31 Å². The Kier molecular flexibility index (Phi) is 6.11. The molecule has 0 amide bonds. The van der Waals surface area contributed by atoms with Gasteiger partial charge in [0.1, 0.15) is 12.1 Å². The molecule has 0 fully saturated rings. The minimum absolute atomic E-state index is 0.000360. The third kappa shape index (κ3) is 4.34. The van der Waals surface area contributed by atoms with E-state index in [4.69, 9.17) is 0 Å². The number of anilines is 1. The number of nitrogens with zero attached hydrogens (tertiary/aromatic N) is 3. The van der Waals surface area contributed by atoms with Gasteiger partial charge in [0.15, 0.2) is 0 Å². The van der Waals surface area contributed by atoms with Gasteiger partial charge in [-0.1, -0.05) is 13.8 Å². The Morgan fingerprint density at radius 1 is 1.24 bits per heavy atom. The zero-order chi connectivity index (χ0) is 18.6. The predicted octanol–water partition coefficient (Wildman–Crippen LogP) is 2.85. The van der Waals surface area contributed by atoms with Crippen molar-refractivity contribution in [2.75, 3.05) is 11.4 Å². The second-order valence-corrected chi connectivity index (χ2v) is 6.52. The van der Waals surface area contributed by atoms with E-state index in [0.717, 1.165) is 4.31 Å². The molecule has 0 N–H and O–H groups in total. The molecule has 0 saturated heterocycles. The molecule has 1 heterocycles. The lowest BCUT2D eigenvalue weighted by atomic mass is 9.98. The summed E-state index contributed by atoms with van der Waals surface area (Å²) in [4.78, 5) is 19.4. The molecule has 0 saturated carbocycles. The molecule has 0 aliphatic carbocycles. The molecule has 25 heavy (non-hydrogen) atoms. The van der Waals surface area contributed by atoms with Crippen molar-refractivity contribution >= 4 is 29.6 Å². The molecule has 1 atom stereocenters. The van der Waals surface area contributed by atoms with Gasteiger partial charge in [-0.2, -0.15) is 0 Å². The Hall–Kier alpha value is -2.45. The van der Waals surface area contributed by atoms with Gasteiger partial charge in [0.2, 0.25) is 5.95 Å². The largest absolute Gasteiger partial charge is 0.755 e. The Bertz CT molecular complexity index is 823. The summed E-state index contributed by atoms with van der Waals surface area (Å²) in [6.45, 7) is 3.79. The highest BCUT2D eigenvalue weighted by atomic mass is 32.2. The van der Waals surface area contributed by atoms with Crippen LogP contribution in [0.15, 0.2) is 30.3 Å². The average Bonchev–Trinajstić information content (AvgIpc) is 2.59. The number of allylic oxidation sites excluding steroid dienone is 1. The summed E-state index contributed by atoms with van der Waals surface area (Å²) < 4.78 is 36.7. The van der Waals surface area contributed by atoms with Crippen molar-refractivity contribution in [3.63, 3.8) is 0 Å². The summed E-state index contributed by atoms with van der Waals surface area (Å²) in [5, 5.41) is 0. The minimum Gasteiger partial charge on any atom is -0.755 e. The van der Waals surface area contributed by atoms with Gasteiger partial charge < -0.3 is 4.55 Å². The van der Waals surface area contributed by atoms with Crippen molar-refractivity contribution < 1.29 is 17.9 Å². The highest BCUT2D eigenvalue weighted by Gasteiger charge is 2.18. The number of rotatable bonds is 6. The molecule has 1 unspecified atom stereocenters. The first-order valence-electron chi connectivity index (χ1n) is 7.48. The maximum absolute atomic E-state index is 13.2. The molecular formula is C17H17FN3O3S-. The van der Waals surface area contributed by atoms with Gasteiger partial charge in [0, 0.05) is 29.4 Å². The van der Waals surface area contributed by atoms with Gasteiger partial charge in [-0.25, -0.2) is 14.4 Å². The van der Waals surface area contributed by atoms with E-state index in [2.05, 4.69) is 9.97 Å². The van der Waals surface area contributed by atoms with E-state index in [-0.39, 0.29) is 11.9 Å². The molecule has 0 radical (unpaired) electrons. The maximum atomic E-state index is 13.2. The average molecular weight is 362 g/mol. The first-order chi connectivity index (χ1) is 11.8. The zero-order valence-corrected chi connectivity index (χ0v) is 14.8. The van der Waals surface area contributed by atoms with E-state index >= 15 is 0 Å². The van der Waals surface area contributed by atoms with Crippen LogP contribution in [-0.4, -0.2) is 32.1 Å². The monoisotopic (exact) mass is 362 g/mol. The lowest BCUT2D eigenvalue weighted by Gasteiger charge is -2.22. The topological polar surface area (TPSA) is 86.2 Å². The molecule has 0 spiro atoms. The van der Waals surface area contributed by atoms with E-state index in [1.807, 2.05) is 13.8 Å². The first-order valence-corrected chi connectivity index (χ1v) is 8.51. The van der Waals surface area contributed by atoms with Crippen molar-refractivity contribution in [2.45, 2.75) is 19.8 Å². The van der Waals surface area contributed by atoms with E-state index in [0.29, 0.717) is 28.8 Å². The lowest BCUT2D eigenvalue weighted by Crippen LogP contribution is -2.23. The van der Waals surface area contributed by atoms with Crippen LogP contribution in [-0.2, 0) is 16.1 Å². The van der Waals surface area contributed by atoms with Crippen LogP contribution in [0.25, 0.3) is 17.3 Å². The summed E-state index contributed by atoms with van der Waals surface area (Å²) in [5.41, 5.74) is 2.17. The molecule has 2 rings (SSSR count). The number of hydrogen-bond donors (Lipinski definition) is 0. The minimum atomic E-state index is -2.54. The number of carbonyl (C=O) groups is 1. The van der Waals surface area contributed by atoms with Gasteiger partial charge >= 0.3 is 0 Å². The summed E-state index contributed by atoms with van der Waals surface area (Å²) in [5.74, 6) is -0.453. The van der Waals surface area contributed by atoms with Gasteiger partial charge in [0.25, 0.3) is 0 Å². The van der Waals surface area contributed by atoms with Crippen molar-refractivity contribution in [1.82, 2.24) is 9.97 Å². The molecular weight excluding hydrogens is 345 g/mol. The van der Waals surface area contributed by atoms with Crippen LogP contribution in [0.1, 0.15) is 31.0 Å². The molecule has 1 aromatic carbocycles. The highest BCUT2D eigenvalue weighted by molar-refractivity contribution is 7.80. The Morgan fingerprint density at radius 3 is 2.40 bits per heavy atom. The molecule has 6 nitrogen and oxygen atoms in total. The zero-order valence-electron chi connectivity index (χ0n) is 14.0. The van der Waals surface area contributed by atoms with Gasteiger partial charge in [0.05, 0.1) is 11.4 Å². The van der Waals surface area contributed by atoms with Gasteiger partial charge in [-0.05, 0) is 42.3 Å². The van der Waals surface area contributed by atoms with Gasteiger partial charge in [-0.15, -0.1) is 0 Å². The Balaban J connectivity index is 2.78. The normalized spacial score (nSPS) is 12.6. The van der Waals surface area contributed by atoms with Crippen LogP contribution in [0.5, 0.6) is 0 Å². The third-order valence-corrected chi connectivity index (χ3v) is 4.09. The van der Waals surface area contributed by atoms with Gasteiger partial charge in [-0.3, -0.25) is 13.3 Å². The number of aromatic nitrogens is 2. The van der Waals surface area contributed by atoms with Crippen molar-refractivity contribution in [1.29, 1.82) is 0 Å². The van der Waals surface area contributed by atoms with Crippen LogP contribution in [0, 0.1) is 5.82 Å². The standard InChI is InChI=1S/C17H18FN3O3S/c1-11(2)15-14(5-4-10-22)16(12-6-8-13(18)9-7-12)20-17(19-15)21(3)25(23)24/h4-11H,1-3H3,(H,23,24)/p-1. The number of hydrogen-bond acceptors (Lipinski definition) is 5. The maximum Gasteiger partial charge on any atom is 0.237 e. The second kappa shape index (κ2) is 8.09. The molecule has 0 bridgehead atoms.